The van der Waals surface area contributed by atoms with Crippen molar-refractivity contribution in [1.29, 1.82) is 0 Å². The Labute approximate surface area is 162 Å². The first kappa shape index (κ1) is 19.1. The molecule has 0 amide bonds. The summed E-state index contributed by atoms with van der Waals surface area (Å²) < 4.78 is 62.6. The molecule has 1 fully saturated rings. The second kappa shape index (κ2) is 8.03. The molecule has 1 aromatic carbocycles. The predicted molar refractivity (Wildman–Crippen MR) is 95.5 cm³/mol. The van der Waals surface area contributed by atoms with Crippen molar-refractivity contribution in [3.63, 3.8) is 0 Å². The molecule has 1 aliphatic heterocycles. The quantitative estimate of drug-likeness (QED) is 0.604. The third-order valence-electron chi connectivity index (χ3n) is 4.27. The molecular weight excluding hydrogens is 394 g/mol. The van der Waals surface area contributed by atoms with Gasteiger partial charge in [0.05, 0.1) is 11.2 Å². The van der Waals surface area contributed by atoms with Crippen LogP contribution in [0.4, 0.5) is 29.1 Å². The van der Waals surface area contributed by atoms with Gasteiger partial charge < -0.3 is 20.1 Å². The molecule has 1 atom stereocenters. The standard InChI is InChI=1S/C18H15F4N5O2/c19-14-10(1-3-12(15(14)20)29-18(21)22)26-17-16-11(24-8-25-17)2-4-13(27-16)28-9-5-6-23-7-9/h1-4,8-9,18,23H,5-7H2,(H,24,25,26)/t9-/m0/s1. The summed E-state index contributed by atoms with van der Waals surface area (Å²) in [6.45, 7) is -1.72. The van der Waals surface area contributed by atoms with Gasteiger partial charge in [-0.25, -0.2) is 19.3 Å². The van der Waals surface area contributed by atoms with Crippen molar-refractivity contribution in [2.24, 2.45) is 0 Å². The van der Waals surface area contributed by atoms with Crippen LogP contribution < -0.4 is 20.1 Å². The minimum absolute atomic E-state index is 0.0186. The Bertz CT molecular complexity index is 1030. The van der Waals surface area contributed by atoms with E-state index in [1.54, 1.807) is 12.1 Å². The van der Waals surface area contributed by atoms with Crippen molar-refractivity contribution in [1.82, 2.24) is 20.3 Å². The smallest absolute Gasteiger partial charge is 0.387 e. The molecule has 11 heteroatoms. The first-order valence-electron chi connectivity index (χ1n) is 8.70. The Balaban J connectivity index is 1.64. The van der Waals surface area contributed by atoms with Crippen molar-refractivity contribution in [2.75, 3.05) is 18.4 Å². The summed E-state index contributed by atoms with van der Waals surface area (Å²) in [6, 6.07) is 5.29. The van der Waals surface area contributed by atoms with Gasteiger partial charge in [-0.3, -0.25) is 0 Å². The molecule has 3 aromatic rings. The van der Waals surface area contributed by atoms with E-state index >= 15 is 0 Å². The molecule has 1 saturated heterocycles. The van der Waals surface area contributed by atoms with E-state index in [2.05, 4.69) is 30.3 Å². The molecule has 0 aliphatic carbocycles. The summed E-state index contributed by atoms with van der Waals surface area (Å²) >= 11 is 0. The van der Waals surface area contributed by atoms with Crippen LogP contribution in [0.1, 0.15) is 6.42 Å². The number of benzene rings is 1. The monoisotopic (exact) mass is 409 g/mol. The van der Waals surface area contributed by atoms with Gasteiger partial charge in [-0.2, -0.15) is 13.2 Å². The van der Waals surface area contributed by atoms with Gasteiger partial charge in [0.2, 0.25) is 11.7 Å². The average molecular weight is 409 g/mol. The number of fused-ring (bicyclic) bond motifs is 1. The minimum Gasteiger partial charge on any atom is -0.473 e. The fourth-order valence-electron chi connectivity index (χ4n) is 2.92. The van der Waals surface area contributed by atoms with Crippen molar-refractivity contribution in [3.8, 4) is 11.6 Å². The second-order valence-corrected chi connectivity index (χ2v) is 6.21. The highest BCUT2D eigenvalue weighted by molar-refractivity contribution is 5.87. The molecular formula is C18H15F4N5O2. The molecule has 0 bridgehead atoms. The first-order valence-corrected chi connectivity index (χ1v) is 8.70. The van der Waals surface area contributed by atoms with Crippen LogP contribution in [0.25, 0.3) is 11.0 Å². The van der Waals surface area contributed by atoms with E-state index in [0.29, 0.717) is 17.9 Å². The zero-order valence-electron chi connectivity index (χ0n) is 14.8. The van der Waals surface area contributed by atoms with Crippen LogP contribution >= 0.6 is 0 Å². The molecule has 7 nitrogen and oxygen atoms in total. The van der Waals surface area contributed by atoms with Crippen LogP contribution in [0.5, 0.6) is 11.6 Å². The summed E-state index contributed by atoms with van der Waals surface area (Å²) in [4.78, 5) is 12.5. The third-order valence-corrected chi connectivity index (χ3v) is 4.27. The molecule has 0 unspecified atom stereocenters. The average Bonchev–Trinajstić information content (AvgIpc) is 3.21. The van der Waals surface area contributed by atoms with Gasteiger partial charge in [0, 0.05) is 12.6 Å². The lowest BCUT2D eigenvalue weighted by Gasteiger charge is -2.14. The normalized spacial score (nSPS) is 16.4. The number of nitrogens with one attached hydrogen (secondary N) is 2. The highest BCUT2D eigenvalue weighted by atomic mass is 19.3. The van der Waals surface area contributed by atoms with Gasteiger partial charge in [0.25, 0.3) is 0 Å². The number of rotatable bonds is 6. The maximum Gasteiger partial charge on any atom is 0.387 e. The van der Waals surface area contributed by atoms with Gasteiger partial charge in [-0.1, -0.05) is 0 Å². The maximum atomic E-state index is 14.3. The van der Waals surface area contributed by atoms with Crippen LogP contribution in [0.3, 0.4) is 0 Å². The van der Waals surface area contributed by atoms with E-state index in [-0.39, 0.29) is 23.1 Å². The zero-order valence-corrected chi connectivity index (χ0v) is 14.8. The number of ether oxygens (including phenoxy) is 2. The summed E-state index contributed by atoms with van der Waals surface area (Å²) in [5.74, 6) is -3.38. The number of hydrogen-bond donors (Lipinski definition) is 2. The molecule has 0 radical (unpaired) electrons. The SMILES string of the molecule is Fc1c(Nc2ncnc3ccc(O[C@H]4CCNC4)nc23)ccc(OC(F)F)c1F. The lowest BCUT2D eigenvalue weighted by Crippen LogP contribution is -2.20. The van der Waals surface area contributed by atoms with E-state index in [4.69, 9.17) is 4.74 Å². The van der Waals surface area contributed by atoms with Crippen molar-refractivity contribution >= 4 is 22.5 Å². The van der Waals surface area contributed by atoms with E-state index in [9.17, 15) is 17.6 Å². The van der Waals surface area contributed by atoms with Crippen molar-refractivity contribution in [3.05, 3.63) is 42.2 Å². The van der Waals surface area contributed by atoms with E-state index < -0.39 is 24.0 Å². The molecule has 2 aromatic heterocycles. The highest BCUT2D eigenvalue weighted by Crippen LogP contribution is 2.30. The van der Waals surface area contributed by atoms with Crippen molar-refractivity contribution in [2.45, 2.75) is 19.1 Å². The number of anilines is 2. The molecule has 152 valence electrons. The zero-order chi connectivity index (χ0) is 20.4. The maximum absolute atomic E-state index is 14.3. The lowest BCUT2D eigenvalue weighted by atomic mass is 10.2. The number of nitrogens with zero attached hydrogens (tertiary/aromatic N) is 3. The van der Waals surface area contributed by atoms with Gasteiger partial charge in [0.15, 0.2) is 17.4 Å². The predicted octanol–water partition coefficient (Wildman–Crippen LogP) is 3.39. The van der Waals surface area contributed by atoms with Crippen LogP contribution in [-0.2, 0) is 0 Å². The fourth-order valence-corrected chi connectivity index (χ4v) is 2.92. The Kier molecular flexibility index (Phi) is 5.30. The summed E-state index contributed by atoms with van der Waals surface area (Å²) in [6.07, 6.45) is 2.05. The van der Waals surface area contributed by atoms with Crippen LogP contribution in [-0.4, -0.2) is 40.8 Å². The Morgan fingerprint density at radius 3 is 2.72 bits per heavy atom. The number of pyridine rings is 1. The Morgan fingerprint density at radius 2 is 1.97 bits per heavy atom. The van der Waals surface area contributed by atoms with Crippen LogP contribution in [0, 0.1) is 11.6 Å². The number of alkyl halides is 2. The topological polar surface area (TPSA) is 81.2 Å². The Hall–Kier alpha value is -3.21. The molecule has 3 heterocycles. The van der Waals surface area contributed by atoms with Crippen LogP contribution in [0.2, 0.25) is 0 Å². The largest absolute Gasteiger partial charge is 0.473 e. The third kappa shape index (κ3) is 4.14. The number of hydrogen-bond acceptors (Lipinski definition) is 7. The second-order valence-electron chi connectivity index (χ2n) is 6.21. The van der Waals surface area contributed by atoms with E-state index in [1.165, 1.54) is 6.33 Å². The minimum atomic E-state index is -3.27. The summed E-state index contributed by atoms with van der Waals surface area (Å²) in [7, 11) is 0. The summed E-state index contributed by atoms with van der Waals surface area (Å²) in [5.41, 5.74) is 0.416. The number of aromatic nitrogens is 3. The molecule has 1 aliphatic rings. The van der Waals surface area contributed by atoms with E-state index in [1.807, 2.05) is 0 Å². The highest BCUT2D eigenvalue weighted by Gasteiger charge is 2.20. The fraction of sp³-hybridized carbons (Fsp3) is 0.278. The summed E-state index contributed by atoms with van der Waals surface area (Å²) in [5, 5.41) is 5.80. The van der Waals surface area contributed by atoms with Gasteiger partial charge in [0.1, 0.15) is 17.9 Å². The molecule has 4 rings (SSSR count). The van der Waals surface area contributed by atoms with Gasteiger partial charge in [-0.15, -0.1) is 0 Å². The first-order chi connectivity index (χ1) is 14.0. The van der Waals surface area contributed by atoms with Crippen molar-refractivity contribution < 1.29 is 27.0 Å². The van der Waals surface area contributed by atoms with Crippen LogP contribution in [0.15, 0.2) is 30.6 Å². The molecule has 0 spiro atoms. The van der Waals surface area contributed by atoms with Gasteiger partial charge in [-0.05, 0) is 31.2 Å². The lowest BCUT2D eigenvalue weighted by molar-refractivity contribution is -0.0525. The van der Waals surface area contributed by atoms with Gasteiger partial charge >= 0.3 is 6.61 Å². The molecule has 29 heavy (non-hydrogen) atoms. The molecule has 2 N–H and O–H groups in total. The molecule has 0 saturated carbocycles. The Morgan fingerprint density at radius 1 is 1.10 bits per heavy atom. The van der Waals surface area contributed by atoms with E-state index in [0.717, 1.165) is 25.1 Å². The number of halogens is 4.